The molecule has 1 unspecified atom stereocenters. The van der Waals surface area contributed by atoms with Crippen LogP contribution in [-0.4, -0.2) is 28.7 Å². The zero-order valence-corrected chi connectivity index (χ0v) is 14.1. The van der Waals surface area contributed by atoms with Crippen molar-refractivity contribution in [2.24, 2.45) is 0 Å². The fraction of sp³-hybridized carbons (Fsp3) is 0.611. The summed E-state index contributed by atoms with van der Waals surface area (Å²) in [4.78, 5) is 15.3. The first kappa shape index (κ1) is 15.1. The van der Waals surface area contributed by atoms with E-state index in [4.69, 9.17) is 0 Å². The number of carbonyl (C=O) groups is 1. The van der Waals surface area contributed by atoms with E-state index in [-0.39, 0.29) is 5.92 Å². The van der Waals surface area contributed by atoms with Crippen molar-refractivity contribution in [1.82, 2.24) is 4.90 Å². The summed E-state index contributed by atoms with van der Waals surface area (Å²) in [6, 6.07) is 9.01. The van der Waals surface area contributed by atoms with Gasteiger partial charge in [-0.05, 0) is 43.2 Å². The Bertz CT molecular complexity index is 496. The molecule has 2 aliphatic rings. The summed E-state index contributed by atoms with van der Waals surface area (Å²) >= 11 is 3.53. The van der Waals surface area contributed by atoms with Gasteiger partial charge in [0.1, 0.15) is 0 Å². The molecule has 0 heterocycles. The molecule has 114 valence electrons. The Hall–Kier alpha value is -0.830. The van der Waals surface area contributed by atoms with Gasteiger partial charge in [0, 0.05) is 17.9 Å². The lowest BCUT2D eigenvalue weighted by Crippen LogP contribution is -2.43. The molecule has 0 aromatic heterocycles. The zero-order chi connectivity index (χ0) is 14.7. The van der Waals surface area contributed by atoms with Crippen LogP contribution < -0.4 is 0 Å². The standard InChI is InChI=1S/C18H24BrNO/c19-12-13-20(15-8-2-3-9-15)18(21)17-11-5-7-14-6-1-4-10-16(14)17/h1,4,6,10,15,17H,2-3,5,7-9,11-13H2. The molecule has 1 amide bonds. The van der Waals surface area contributed by atoms with Crippen molar-refractivity contribution in [3.05, 3.63) is 35.4 Å². The van der Waals surface area contributed by atoms with Gasteiger partial charge in [-0.1, -0.05) is 53.0 Å². The van der Waals surface area contributed by atoms with Gasteiger partial charge in [0.2, 0.25) is 5.91 Å². The number of fused-ring (bicyclic) bond motifs is 1. The second-order valence-corrected chi connectivity index (χ2v) is 7.10. The van der Waals surface area contributed by atoms with Crippen LogP contribution in [-0.2, 0) is 11.2 Å². The zero-order valence-electron chi connectivity index (χ0n) is 12.6. The molecule has 1 aromatic carbocycles. The van der Waals surface area contributed by atoms with Crippen molar-refractivity contribution in [1.29, 1.82) is 0 Å². The smallest absolute Gasteiger partial charge is 0.230 e. The Kier molecular flexibility index (Phi) is 4.99. The molecule has 2 aliphatic carbocycles. The van der Waals surface area contributed by atoms with Crippen LogP contribution in [0.4, 0.5) is 0 Å². The van der Waals surface area contributed by atoms with Gasteiger partial charge in [0.25, 0.3) is 0 Å². The molecule has 3 rings (SSSR count). The first-order valence-corrected chi connectivity index (χ1v) is 9.37. The third kappa shape index (κ3) is 3.18. The predicted octanol–water partition coefficient (Wildman–Crippen LogP) is 4.27. The molecule has 1 fully saturated rings. The number of carbonyl (C=O) groups excluding carboxylic acids is 1. The highest BCUT2D eigenvalue weighted by molar-refractivity contribution is 9.09. The fourth-order valence-electron chi connectivity index (χ4n) is 3.99. The van der Waals surface area contributed by atoms with Crippen molar-refractivity contribution in [2.45, 2.75) is 56.9 Å². The number of amides is 1. The highest BCUT2D eigenvalue weighted by Gasteiger charge is 2.33. The van der Waals surface area contributed by atoms with E-state index in [1.807, 2.05) is 0 Å². The maximum absolute atomic E-state index is 13.1. The van der Waals surface area contributed by atoms with Crippen molar-refractivity contribution in [2.75, 3.05) is 11.9 Å². The van der Waals surface area contributed by atoms with Crippen LogP contribution in [0.1, 0.15) is 55.6 Å². The van der Waals surface area contributed by atoms with Crippen molar-refractivity contribution >= 4 is 21.8 Å². The number of hydrogen-bond donors (Lipinski definition) is 0. The van der Waals surface area contributed by atoms with Crippen LogP contribution >= 0.6 is 15.9 Å². The second kappa shape index (κ2) is 6.95. The topological polar surface area (TPSA) is 20.3 Å². The molecule has 1 atom stereocenters. The predicted molar refractivity (Wildman–Crippen MR) is 89.9 cm³/mol. The summed E-state index contributed by atoms with van der Waals surface area (Å²) in [5, 5.41) is 0.879. The largest absolute Gasteiger partial charge is 0.338 e. The quantitative estimate of drug-likeness (QED) is 0.743. The summed E-state index contributed by atoms with van der Waals surface area (Å²) in [7, 11) is 0. The van der Waals surface area contributed by atoms with Crippen LogP contribution in [0.5, 0.6) is 0 Å². The average molecular weight is 350 g/mol. The fourth-order valence-corrected chi connectivity index (χ4v) is 4.37. The third-order valence-corrected chi connectivity index (χ3v) is 5.40. The highest BCUT2D eigenvalue weighted by Crippen LogP contribution is 2.35. The van der Waals surface area contributed by atoms with Gasteiger partial charge >= 0.3 is 0 Å². The lowest BCUT2D eigenvalue weighted by molar-refractivity contribution is -0.135. The van der Waals surface area contributed by atoms with Crippen LogP contribution in [0.2, 0.25) is 0 Å². The number of nitrogens with zero attached hydrogens (tertiary/aromatic N) is 1. The van der Waals surface area contributed by atoms with E-state index in [0.29, 0.717) is 11.9 Å². The number of halogens is 1. The molecule has 1 saturated carbocycles. The molecule has 0 aliphatic heterocycles. The summed E-state index contributed by atoms with van der Waals surface area (Å²) in [5.74, 6) is 0.461. The van der Waals surface area contributed by atoms with E-state index in [1.54, 1.807) is 0 Å². The molecule has 0 spiro atoms. The summed E-state index contributed by atoms with van der Waals surface area (Å²) < 4.78 is 0. The molecule has 0 bridgehead atoms. The highest BCUT2D eigenvalue weighted by atomic mass is 79.9. The summed E-state index contributed by atoms with van der Waals surface area (Å²) in [5.41, 5.74) is 2.67. The molecule has 0 radical (unpaired) electrons. The first-order chi connectivity index (χ1) is 10.3. The number of alkyl halides is 1. The van der Waals surface area contributed by atoms with Gasteiger partial charge in [-0.3, -0.25) is 4.79 Å². The Morgan fingerprint density at radius 3 is 2.67 bits per heavy atom. The van der Waals surface area contributed by atoms with Crippen molar-refractivity contribution < 1.29 is 4.79 Å². The monoisotopic (exact) mass is 349 g/mol. The maximum atomic E-state index is 13.1. The molecule has 2 nitrogen and oxygen atoms in total. The van der Waals surface area contributed by atoms with E-state index in [9.17, 15) is 4.79 Å². The van der Waals surface area contributed by atoms with Gasteiger partial charge in [-0.2, -0.15) is 0 Å². The summed E-state index contributed by atoms with van der Waals surface area (Å²) in [6.45, 7) is 0.849. The molecule has 3 heteroatoms. The molecule has 21 heavy (non-hydrogen) atoms. The minimum atomic E-state index is 0.0922. The second-order valence-electron chi connectivity index (χ2n) is 6.30. The van der Waals surface area contributed by atoms with E-state index >= 15 is 0 Å². The maximum Gasteiger partial charge on any atom is 0.230 e. The normalized spacial score (nSPS) is 22.0. The van der Waals surface area contributed by atoms with Gasteiger partial charge < -0.3 is 4.90 Å². The lowest BCUT2D eigenvalue weighted by atomic mass is 9.82. The molecule has 1 aromatic rings. The average Bonchev–Trinajstić information content (AvgIpc) is 3.05. The number of benzene rings is 1. The van der Waals surface area contributed by atoms with Crippen LogP contribution in [0.3, 0.4) is 0 Å². The number of aryl methyl sites for hydroxylation is 1. The van der Waals surface area contributed by atoms with Crippen LogP contribution in [0.15, 0.2) is 24.3 Å². The Balaban J connectivity index is 1.83. The number of rotatable bonds is 4. The first-order valence-electron chi connectivity index (χ1n) is 8.25. The third-order valence-electron chi connectivity index (χ3n) is 5.04. The lowest BCUT2D eigenvalue weighted by Gasteiger charge is -2.34. The minimum absolute atomic E-state index is 0.0922. The molecular weight excluding hydrogens is 326 g/mol. The SMILES string of the molecule is O=C(C1CCCc2ccccc21)N(CCBr)C1CCCC1. The van der Waals surface area contributed by atoms with E-state index in [0.717, 1.165) is 31.1 Å². The van der Waals surface area contributed by atoms with E-state index in [1.165, 1.54) is 36.8 Å². The van der Waals surface area contributed by atoms with Crippen LogP contribution in [0.25, 0.3) is 0 Å². The molecule has 0 N–H and O–H groups in total. The number of hydrogen-bond acceptors (Lipinski definition) is 1. The van der Waals surface area contributed by atoms with Gasteiger partial charge in [-0.25, -0.2) is 0 Å². The minimum Gasteiger partial charge on any atom is -0.338 e. The van der Waals surface area contributed by atoms with Crippen molar-refractivity contribution in [3.63, 3.8) is 0 Å². The summed E-state index contributed by atoms with van der Waals surface area (Å²) in [6.07, 6.45) is 8.21. The van der Waals surface area contributed by atoms with Gasteiger partial charge in [0.15, 0.2) is 0 Å². The van der Waals surface area contributed by atoms with E-state index < -0.39 is 0 Å². The Labute approximate surface area is 136 Å². The van der Waals surface area contributed by atoms with Crippen LogP contribution in [0, 0.1) is 0 Å². The van der Waals surface area contributed by atoms with Crippen molar-refractivity contribution in [3.8, 4) is 0 Å². The Morgan fingerprint density at radius 2 is 1.90 bits per heavy atom. The molecular formula is C18H24BrNO. The van der Waals surface area contributed by atoms with Gasteiger partial charge in [-0.15, -0.1) is 0 Å². The molecule has 0 saturated heterocycles. The Morgan fingerprint density at radius 1 is 1.14 bits per heavy atom. The van der Waals surface area contributed by atoms with E-state index in [2.05, 4.69) is 45.1 Å². The van der Waals surface area contributed by atoms with Gasteiger partial charge in [0.05, 0.1) is 5.92 Å².